The summed E-state index contributed by atoms with van der Waals surface area (Å²) in [5.41, 5.74) is 0.195. The molecule has 1 N–H and O–H groups in total. The molecule has 0 aromatic heterocycles. The smallest absolute Gasteiger partial charge is 0.346 e. The molecule has 1 rings (SSSR count). The number of carboxylic acid groups (broad SMARTS) is 1. The van der Waals surface area contributed by atoms with Crippen LogP contribution in [0.15, 0.2) is 30.3 Å². The number of alkyl halides is 2. The SMILES string of the molecule is O=C(O)C(OC(F)F)c1ccccc1. The molecule has 0 aliphatic heterocycles. The molecule has 0 radical (unpaired) electrons. The molecule has 76 valence electrons. The Balaban J connectivity index is 2.84. The van der Waals surface area contributed by atoms with Crippen molar-refractivity contribution >= 4 is 5.97 Å². The Hall–Kier alpha value is -1.49. The first-order valence-electron chi connectivity index (χ1n) is 3.82. The minimum Gasteiger partial charge on any atom is -0.479 e. The molecule has 14 heavy (non-hydrogen) atoms. The van der Waals surface area contributed by atoms with Crippen molar-refractivity contribution in [2.24, 2.45) is 0 Å². The fourth-order valence-electron chi connectivity index (χ4n) is 1.01. The lowest BCUT2D eigenvalue weighted by atomic mass is 10.1. The van der Waals surface area contributed by atoms with Gasteiger partial charge in [0.05, 0.1) is 0 Å². The monoisotopic (exact) mass is 202 g/mol. The van der Waals surface area contributed by atoms with Gasteiger partial charge in [-0.3, -0.25) is 0 Å². The summed E-state index contributed by atoms with van der Waals surface area (Å²) in [5, 5.41) is 8.62. The van der Waals surface area contributed by atoms with Crippen LogP contribution in [0.3, 0.4) is 0 Å². The first-order valence-corrected chi connectivity index (χ1v) is 3.82. The Morgan fingerprint density at radius 1 is 1.29 bits per heavy atom. The highest BCUT2D eigenvalue weighted by atomic mass is 19.3. The van der Waals surface area contributed by atoms with E-state index in [2.05, 4.69) is 4.74 Å². The van der Waals surface area contributed by atoms with Crippen molar-refractivity contribution in [3.63, 3.8) is 0 Å². The highest BCUT2D eigenvalue weighted by Gasteiger charge is 2.23. The van der Waals surface area contributed by atoms with E-state index in [4.69, 9.17) is 5.11 Å². The molecule has 0 heterocycles. The third-order valence-electron chi connectivity index (χ3n) is 1.57. The fourth-order valence-corrected chi connectivity index (χ4v) is 1.01. The van der Waals surface area contributed by atoms with Gasteiger partial charge >= 0.3 is 12.6 Å². The average molecular weight is 202 g/mol. The van der Waals surface area contributed by atoms with Crippen LogP contribution in [0.1, 0.15) is 11.7 Å². The van der Waals surface area contributed by atoms with Gasteiger partial charge in [-0.1, -0.05) is 30.3 Å². The average Bonchev–Trinajstić information content (AvgIpc) is 2.15. The van der Waals surface area contributed by atoms with Crippen LogP contribution < -0.4 is 0 Å². The van der Waals surface area contributed by atoms with E-state index in [0.717, 1.165) is 0 Å². The molecule has 3 nitrogen and oxygen atoms in total. The minimum absolute atomic E-state index is 0.195. The van der Waals surface area contributed by atoms with Gasteiger partial charge in [-0.25, -0.2) is 4.79 Å². The van der Waals surface area contributed by atoms with E-state index in [1.807, 2.05) is 0 Å². The van der Waals surface area contributed by atoms with Gasteiger partial charge in [0.15, 0.2) is 6.10 Å². The highest BCUT2D eigenvalue weighted by Crippen LogP contribution is 2.19. The van der Waals surface area contributed by atoms with Gasteiger partial charge in [0, 0.05) is 0 Å². The number of carboxylic acids is 1. The molecule has 1 atom stereocenters. The molecule has 1 aromatic carbocycles. The molecule has 0 bridgehead atoms. The Labute approximate surface area is 78.9 Å². The van der Waals surface area contributed by atoms with Crippen molar-refractivity contribution < 1.29 is 23.4 Å². The van der Waals surface area contributed by atoms with Crippen molar-refractivity contribution in [3.05, 3.63) is 35.9 Å². The van der Waals surface area contributed by atoms with E-state index in [1.165, 1.54) is 12.1 Å². The van der Waals surface area contributed by atoms with Crippen LogP contribution in [0.4, 0.5) is 8.78 Å². The molecule has 0 amide bonds. The standard InChI is InChI=1S/C9H8F2O3/c10-9(11)14-7(8(12)13)6-4-2-1-3-5-6/h1-5,7,9H,(H,12,13). The number of benzene rings is 1. The highest BCUT2D eigenvalue weighted by molar-refractivity contribution is 5.74. The Kier molecular flexibility index (Phi) is 3.53. The van der Waals surface area contributed by atoms with E-state index >= 15 is 0 Å². The fraction of sp³-hybridized carbons (Fsp3) is 0.222. The van der Waals surface area contributed by atoms with E-state index in [1.54, 1.807) is 18.2 Å². The third-order valence-corrected chi connectivity index (χ3v) is 1.57. The molecule has 0 aliphatic carbocycles. The topological polar surface area (TPSA) is 46.5 Å². The van der Waals surface area contributed by atoms with Crippen LogP contribution in [0.5, 0.6) is 0 Å². The van der Waals surface area contributed by atoms with Crippen LogP contribution >= 0.6 is 0 Å². The Bertz CT molecular complexity index is 300. The predicted octanol–water partition coefficient (Wildman–Crippen LogP) is 2.05. The molecular weight excluding hydrogens is 194 g/mol. The van der Waals surface area contributed by atoms with Gasteiger partial charge in [-0.2, -0.15) is 8.78 Å². The maximum atomic E-state index is 11.8. The number of hydrogen-bond acceptors (Lipinski definition) is 2. The zero-order valence-electron chi connectivity index (χ0n) is 7.06. The lowest BCUT2D eigenvalue weighted by Crippen LogP contribution is -2.17. The zero-order chi connectivity index (χ0) is 10.6. The van der Waals surface area contributed by atoms with Crippen molar-refractivity contribution in [1.29, 1.82) is 0 Å². The number of carbonyl (C=O) groups is 1. The predicted molar refractivity (Wildman–Crippen MR) is 43.9 cm³/mol. The van der Waals surface area contributed by atoms with E-state index in [0.29, 0.717) is 0 Å². The van der Waals surface area contributed by atoms with Crippen LogP contribution in [0.25, 0.3) is 0 Å². The second-order valence-electron chi connectivity index (χ2n) is 2.53. The summed E-state index contributed by atoms with van der Waals surface area (Å²) in [4.78, 5) is 10.6. The van der Waals surface area contributed by atoms with Gasteiger partial charge in [-0.05, 0) is 5.56 Å². The number of hydrogen-bond donors (Lipinski definition) is 1. The summed E-state index contributed by atoms with van der Waals surface area (Å²) in [7, 11) is 0. The van der Waals surface area contributed by atoms with Gasteiger partial charge in [-0.15, -0.1) is 0 Å². The lowest BCUT2D eigenvalue weighted by molar-refractivity contribution is -0.188. The van der Waals surface area contributed by atoms with Crippen molar-refractivity contribution in [2.75, 3.05) is 0 Å². The normalized spacial score (nSPS) is 12.8. The Morgan fingerprint density at radius 2 is 1.86 bits per heavy atom. The maximum absolute atomic E-state index is 11.8. The molecule has 1 unspecified atom stereocenters. The van der Waals surface area contributed by atoms with Crippen molar-refractivity contribution in [3.8, 4) is 0 Å². The van der Waals surface area contributed by atoms with Gasteiger partial charge < -0.3 is 9.84 Å². The summed E-state index contributed by atoms with van der Waals surface area (Å²) in [5.74, 6) is -1.43. The lowest BCUT2D eigenvalue weighted by Gasteiger charge is -2.12. The van der Waals surface area contributed by atoms with E-state index in [9.17, 15) is 13.6 Å². The molecular formula is C9H8F2O3. The second-order valence-corrected chi connectivity index (χ2v) is 2.53. The molecule has 5 heteroatoms. The molecule has 0 aliphatic rings. The van der Waals surface area contributed by atoms with Crippen LogP contribution in [-0.4, -0.2) is 17.7 Å². The minimum atomic E-state index is -3.10. The molecule has 0 saturated carbocycles. The van der Waals surface area contributed by atoms with Crippen LogP contribution in [0, 0.1) is 0 Å². The van der Waals surface area contributed by atoms with Crippen molar-refractivity contribution in [1.82, 2.24) is 0 Å². The molecule has 0 spiro atoms. The molecule has 0 saturated heterocycles. The number of halogens is 2. The van der Waals surface area contributed by atoms with Crippen LogP contribution in [-0.2, 0) is 9.53 Å². The largest absolute Gasteiger partial charge is 0.479 e. The van der Waals surface area contributed by atoms with E-state index in [-0.39, 0.29) is 5.56 Å². The molecule has 0 fully saturated rings. The van der Waals surface area contributed by atoms with Crippen molar-refractivity contribution in [2.45, 2.75) is 12.7 Å². The number of aliphatic carboxylic acids is 1. The first-order chi connectivity index (χ1) is 6.61. The zero-order valence-corrected chi connectivity index (χ0v) is 7.06. The quantitative estimate of drug-likeness (QED) is 0.812. The molecule has 1 aromatic rings. The summed E-state index contributed by atoms with van der Waals surface area (Å²) < 4.78 is 27.7. The number of ether oxygens (including phenoxy) is 1. The summed E-state index contributed by atoms with van der Waals surface area (Å²) in [6.45, 7) is -3.10. The summed E-state index contributed by atoms with van der Waals surface area (Å²) in [6, 6.07) is 7.60. The van der Waals surface area contributed by atoms with Crippen LogP contribution in [0.2, 0.25) is 0 Å². The first kappa shape index (κ1) is 10.6. The maximum Gasteiger partial charge on any atom is 0.346 e. The second kappa shape index (κ2) is 4.66. The van der Waals surface area contributed by atoms with Gasteiger partial charge in [0.2, 0.25) is 0 Å². The summed E-state index contributed by atoms with van der Waals surface area (Å²) in [6.07, 6.45) is -1.61. The number of rotatable bonds is 4. The van der Waals surface area contributed by atoms with Gasteiger partial charge in [0.1, 0.15) is 0 Å². The van der Waals surface area contributed by atoms with Gasteiger partial charge in [0.25, 0.3) is 0 Å². The van der Waals surface area contributed by atoms with E-state index < -0.39 is 18.7 Å². The summed E-state index contributed by atoms with van der Waals surface area (Å²) >= 11 is 0. The Morgan fingerprint density at radius 3 is 2.29 bits per heavy atom. The third kappa shape index (κ3) is 2.77.